The highest BCUT2D eigenvalue weighted by Gasteiger charge is 2.26. The van der Waals surface area contributed by atoms with Crippen molar-refractivity contribution in [3.05, 3.63) is 24.3 Å². The van der Waals surface area contributed by atoms with Gasteiger partial charge in [0.25, 0.3) is 0 Å². The molecule has 1 aliphatic heterocycles. The van der Waals surface area contributed by atoms with Crippen LogP contribution >= 0.6 is 0 Å². The Hall–Kier alpha value is -2.24. The van der Waals surface area contributed by atoms with Crippen LogP contribution < -0.4 is 10.2 Å². The standard InChI is InChI=1S/C19H27N3O3/c1-2-11-21(16-8-4-3-5-9-16)18(23)20-15-7-6-10-17(14-15)22-12-13-25-19(22)24/h6-7,10,14,16H,2-5,8-9,11-13H2,1H3,(H,20,23). The molecule has 0 atom stereocenters. The highest BCUT2D eigenvalue weighted by molar-refractivity contribution is 5.93. The smallest absolute Gasteiger partial charge is 0.414 e. The normalized spacial score (nSPS) is 18.1. The topological polar surface area (TPSA) is 61.9 Å². The molecular weight excluding hydrogens is 318 g/mol. The van der Waals surface area contributed by atoms with Gasteiger partial charge in [-0.3, -0.25) is 4.90 Å². The summed E-state index contributed by atoms with van der Waals surface area (Å²) in [4.78, 5) is 28.1. The van der Waals surface area contributed by atoms with Gasteiger partial charge in [0.05, 0.1) is 6.54 Å². The molecule has 1 aromatic carbocycles. The number of rotatable bonds is 5. The number of nitrogens with one attached hydrogen (secondary N) is 1. The van der Waals surface area contributed by atoms with E-state index in [1.807, 2.05) is 29.2 Å². The van der Waals surface area contributed by atoms with Crippen molar-refractivity contribution in [3.8, 4) is 0 Å². The Labute approximate surface area is 149 Å². The number of anilines is 2. The van der Waals surface area contributed by atoms with Crippen LogP contribution in [-0.2, 0) is 4.74 Å². The molecule has 0 radical (unpaired) electrons. The summed E-state index contributed by atoms with van der Waals surface area (Å²) in [7, 11) is 0. The summed E-state index contributed by atoms with van der Waals surface area (Å²) in [5.74, 6) is 0. The van der Waals surface area contributed by atoms with Crippen molar-refractivity contribution in [3.63, 3.8) is 0 Å². The van der Waals surface area contributed by atoms with Crippen LogP contribution in [0.5, 0.6) is 0 Å². The van der Waals surface area contributed by atoms with Crippen molar-refractivity contribution in [2.45, 2.75) is 51.5 Å². The number of amides is 3. The highest BCUT2D eigenvalue weighted by atomic mass is 16.6. The molecule has 1 aliphatic carbocycles. The molecule has 6 nitrogen and oxygen atoms in total. The third-order valence-corrected chi connectivity index (χ3v) is 4.91. The second-order valence-corrected chi connectivity index (χ2v) is 6.73. The lowest BCUT2D eigenvalue weighted by molar-refractivity contribution is 0.167. The van der Waals surface area contributed by atoms with Crippen molar-refractivity contribution < 1.29 is 14.3 Å². The van der Waals surface area contributed by atoms with E-state index in [4.69, 9.17) is 4.74 Å². The monoisotopic (exact) mass is 345 g/mol. The summed E-state index contributed by atoms with van der Waals surface area (Å²) in [6.07, 6.45) is 6.46. The third-order valence-electron chi connectivity index (χ3n) is 4.91. The number of hydrogen-bond donors (Lipinski definition) is 1. The SMILES string of the molecule is CCCN(C(=O)Nc1cccc(N2CCOC2=O)c1)C1CCCCC1. The predicted octanol–water partition coefficient (Wildman–Crippen LogP) is 4.22. The maximum absolute atomic E-state index is 12.8. The van der Waals surface area contributed by atoms with E-state index < -0.39 is 0 Å². The van der Waals surface area contributed by atoms with Gasteiger partial charge in [-0.15, -0.1) is 0 Å². The lowest BCUT2D eigenvalue weighted by atomic mass is 9.94. The quantitative estimate of drug-likeness (QED) is 0.869. The Bertz CT molecular complexity index is 614. The molecule has 136 valence electrons. The first kappa shape index (κ1) is 17.6. The molecule has 0 spiro atoms. The minimum Gasteiger partial charge on any atom is -0.447 e. The van der Waals surface area contributed by atoms with Crippen molar-refractivity contribution in [1.29, 1.82) is 0 Å². The first-order valence-corrected chi connectivity index (χ1v) is 9.31. The van der Waals surface area contributed by atoms with Crippen LogP contribution in [0, 0.1) is 0 Å². The molecule has 25 heavy (non-hydrogen) atoms. The van der Waals surface area contributed by atoms with Gasteiger partial charge in [-0.2, -0.15) is 0 Å². The maximum atomic E-state index is 12.8. The number of benzene rings is 1. The first-order valence-electron chi connectivity index (χ1n) is 9.31. The van der Waals surface area contributed by atoms with E-state index >= 15 is 0 Å². The zero-order chi connectivity index (χ0) is 17.6. The lowest BCUT2D eigenvalue weighted by Gasteiger charge is -2.34. The molecule has 3 amide bonds. The van der Waals surface area contributed by atoms with Crippen LogP contribution in [0.15, 0.2) is 24.3 Å². The van der Waals surface area contributed by atoms with E-state index in [1.54, 1.807) is 4.90 Å². The van der Waals surface area contributed by atoms with Crippen molar-refractivity contribution >= 4 is 23.5 Å². The molecular formula is C19H27N3O3. The summed E-state index contributed by atoms with van der Waals surface area (Å²) >= 11 is 0. The van der Waals surface area contributed by atoms with Gasteiger partial charge < -0.3 is 15.0 Å². The summed E-state index contributed by atoms with van der Waals surface area (Å²) in [5, 5.41) is 3.01. The molecule has 0 aromatic heterocycles. The molecule has 0 bridgehead atoms. The number of hydrogen-bond acceptors (Lipinski definition) is 3. The molecule has 2 fully saturated rings. The van der Waals surface area contributed by atoms with Crippen LogP contribution in [0.3, 0.4) is 0 Å². The molecule has 3 rings (SSSR count). The number of carbonyl (C=O) groups excluding carboxylic acids is 2. The highest BCUT2D eigenvalue weighted by Crippen LogP contribution is 2.25. The molecule has 1 saturated heterocycles. The number of nitrogens with zero attached hydrogens (tertiary/aromatic N) is 2. The van der Waals surface area contributed by atoms with Crippen molar-refractivity contribution in [2.75, 3.05) is 29.9 Å². The Morgan fingerprint density at radius 1 is 1.32 bits per heavy atom. The van der Waals surface area contributed by atoms with Crippen molar-refractivity contribution in [1.82, 2.24) is 4.90 Å². The van der Waals surface area contributed by atoms with E-state index in [0.717, 1.165) is 31.5 Å². The lowest BCUT2D eigenvalue weighted by Crippen LogP contribution is -2.44. The third kappa shape index (κ3) is 4.24. The van der Waals surface area contributed by atoms with Gasteiger partial charge in [0.15, 0.2) is 0 Å². The van der Waals surface area contributed by atoms with E-state index in [0.29, 0.717) is 24.9 Å². The Morgan fingerprint density at radius 2 is 2.12 bits per heavy atom. The molecule has 0 unspecified atom stereocenters. The predicted molar refractivity (Wildman–Crippen MR) is 98.0 cm³/mol. The van der Waals surface area contributed by atoms with E-state index in [1.165, 1.54) is 19.3 Å². The van der Waals surface area contributed by atoms with Gasteiger partial charge >= 0.3 is 12.1 Å². The molecule has 1 aromatic rings. The number of cyclic esters (lactones) is 1. The number of carbonyl (C=O) groups is 2. The largest absolute Gasteiger partial charge is 0.447 e. The summed E-state index contributed by atoms with van der Waals surface area (Å²) in [5.41, 5.74) is 1.46. The minimum atomic E-state index is -0.335. The molecule has 6 heteroatoms. The van der Waals surface area contributed by atoms with E-state index in [-0.39, 0.29) is 12.1 Å². The zero-order valence-electron chi connectivity index (χ0n) is 14.9. The average Bonchev–Trinajstić information content (AvgIpc) is 3.06. The molecule has 1 saturated carbocycles. The average molecular weight is 345 g/mol. The van der Waals surface area contributed by atoms with Crippen LogP contribution in [0.4, 0.5) is 21.0 Å². The second-order valence-electron chi connectivity index (χ2n) is 6.73. The van der Waals surface area contributed by atoms with E-state index in [2.05, 4.69) is 12.2 Å². The summed E-state index contributed by atoms with van der Waals surface area (Å²) in [6.45, 7) is 3.82. The van der Waals surface area contributed by atoms with Gasteiger partial charge in [0, 0.05) is 24.0 Å². The van der Waals surface area contributed by atoms with Gasteiger partial charge in [-0.05, 0) is 37.5 Å². The first-order chi connectivity index (χ1) is 12.2. The van der Waals surface area contributed by atoms with Crippen LogP contribution in [0.1, 0.15) is 45.4 Å². The van der Waals surface area contributed by atoms with Crippen LogP contribution in [0.2, 0.25) is 0 Å². The van der Waals surface area contributed by atoms with Gasteiger partial charge in [-0.1, -0.05) is 32.3 Å². The van der Waals surface area contributed by atoms with Gasteiger partial charge in [0.1, 0.15) is 6.61 Å². The van der Waals surface area contributed by atoms with Gasteiger partial charge in [0.2, 0.25) is 0 Å². The Morgan fingerprint density at radius 3 is 2.80 bits per heavy atom. The fourth-order valence-corrected chi connectivity index (χ4v) is 3.66. The van der Waals surface area contributed by atoms with Crippen LogP contribution in [0.25, 0.3) is 0 Å². The summed E-state index contributed by atoms with van der Waals surface area (Å²) in [6, 6.07) is 7.68. The molecule has 2 aliphatic rings. The Kier molecular flexibility index (Phi) is 5.79. The fraction of sp³-hybridized carbons (Fsp3) is 0.579. The number of urea groups is 1. The van der Waals surface area contributed by atoms with E-state index in [9.17, 15) is 9.59 Å². The van der Waals surface area contributed by atoms with Crippen molar-refractivity contribution in [2.24, 2.45) is 0 Å². The Balaban J connectivity index is 1.69. The molecule has 1 heterocycles. The van der Waals surface area contributed by atoms with Gasteiger partial charge in [-0.25, -0.2) is 9.59 Å². The number of ether oxygens (including phenoxy) is 1. The molecule has 1 N–H and O–H groups in total. The minimum absolute atomic E-state index is 0.0464. The maximum Gasteiger partial charge on any atom is 0.414 e. The summed E-state index contributed by atoms with van der Waals surface area (Å²) < 4.78 is 4.98. The van der Waals surface area contributed by atoms with Crippen LogP contribution in [-0.4, -0.2) is 42.8 Å². The zero-order valence-corrected chi connectivity index (χ0v) is 14.9. The fourth-order valence-electron chi connectivity index (χ4n) is 3.66. The second kappa shape index (κ2) is 8.23.